The average Bonchev–Trinajstić information content (AvgIpc) is 2.84. The summed E-state index contributed by atoms with van der Waals surface area (Å²) in [6.45, 7) is 2.13. The fraction of sp³-hybridized carbons (Fsp3) is 0.467. The second kappa shape index (κ2) is 5.04. The van der Waals surface area contributed by atoms with Crippen molar-refractivity contribution < 1.29 is 15.0 Å². The molecule has 3 rings (SSSR count). The summed E-state index contributed by atoms with van der Waals surface area (Å²) in [7, 11) is 0. The second-order valence-corrected chi connectivity index (χ2v) is 5.97. The number of aromatic amines is 1. The molecule has 4 N–H and O–H groups in total. The lowest BCUT2D eigenvalue weighted by Gasteiger charge is -2.33. The molecule has 0 spiro atoms. The van der Waals surface area contributed by atoms with E-state index in [1.54, 1.807) is 6.07 Å². The number of nitrogens with one attached hydrogen (secondary N) is 2. The maximum absolute atomic E-state index is 12.3. The Morgan fingerprint density at radius 1 is 1.43 bits per heavy atom. The van der Waals surface area contributed by atoms with Gasteiger partial charge in [-0.1, -0.05) is 6.92 Å². The number of aromatic hydroxyl groups is 1. The first-order chi connectivity index (χ1) is 9.98. The van der Waals surface area contributed by atoms with E-state index in [1.165, 1.54) is 12.1 Å². The van der Waals surface area contributed by atoms with Gasteiger partial charge in [-0.2, -0.15) is 5.10 Å². The fourth-order valence-electron chi connectivity index (χ4n) is 2.79. The molecule has 0 atom stereocenters. The number of aromatic nitrogens is 2. The monoisotopic (exact) mass is 289 g/mol. The number of rotatable bonds is 2. The molecular weight excluding hydrogens is 270 g/mol. The predicted molar refractivity (Wildman–Crippen MR) is 79.0 cm³/mol. The van der Waals surface area contributed by atoms with Crippen LogP contribution in [0.5, 0.6) is 5.75 Å². The van der Waals surface area contributed by atoms with Gasteiger partial charge in [-0.05, 0) is 43.7 Å². The van der Waals surface area contributed by atoms with E-state index < -0.39 is 11.5 Å². The van der Waals surface area contributed by atoms with Crippen molar-refractivity contribution in [2.24, 2.45) is 5.92 Å². The summed E-state index contributed by atoms with van der Waals surface area (Å²) in [5.74, 6) is 0.647. The minimum Gasteiger partial charge on any atom is -0.508 e. The Morgan fingerprint density at radius 3 is 2.86 bits per heavy atom. The fourth-order valence-corrected chi connectivity index (χ4v) is 2.79. The van der Waals surface area contributed by atoms with Gasteiger partial charge in [0, 0.05) is 11.5 Å². The highest BCUT2D eigenvalue weighted by molar-refractivity contribution is 6.03. The summed E-state index contributed by atoms with van der Waals surface area (Å²) in [5.41, 5.74) is -0.677. The Kier molecular flexibility index (Phi) is 3.33. The summed E-state index contributed by atoms with van der Waals surface area (Å²) in [4.78, 5) is 12.3. The van der Waals surface area contributed by atoms with Crippen LogP contribution in [0.2, 0.25) is 0 Å². The van der Waals surface area contributed by atoms with Crippen molar-refractivity contribution in [2.45, 2.75) is 38.2 Å². The Hall–Kier alpha value is -2.08. The minimum absolute atomic E-state index is 0.129. The van der Waals surface area contributed by atoms with Crippen LogP contribution in [0.25, 0.3) is 10.9 Å². The standard InChI is InChI=1S/C15H19N3O3/c1-9-4-6-15(21,7-5-9)14(20)16-13-11-3-2-10(19)8-12(11)17-18-13/h2-3,8-9,19,21H,4-7H2,1H3,(H2,16,17,18,20). The average molecular weight is 289 g/mol. The number of nitrogens with zero attached hydrogens (tertiary/aromatic N) is 1. The van der Waals surface area contributed by atoms with Gasteiger partial charge >= 0.3 is 0 Å². The summed E-state index contributed by atoms with van der Waals surface area (Å²) in [6, 6.07) is 4.75. The van der Waals surface area contributed by atoms with Crippen LogP contribution in [0.4, 0.5) is 5.82 Å². The minimum atomic E-state index is -1.31. The number of amides is 1. The maximum atomic E-state index is 12.3. The molecule has 0 radical (unpaired) electrons. The first-order valence-electron chi connectivity index (χ1n) is 7.19. The highest BCUT2D eigenvalue weighted by atomic mass is 16.3. The zero-order chi connectivity index (χ0) is 15.0. The molecule has 2 aromatic rings. The van der Waals surface area contributed by atoms with Crippen molar-refractivity contribution in [3.63, 3.8) is 0 Å². The van der Waals surface area contributed by atoms with Crippen molar-refractivity contribution in [1.29, 1.82) is 0 Å². The summed E-state index contributed by atoms with van der Waals surface area (Å²) in [5, 5.41) is 30.1. The molecule has 1 heterocycles. The number of H-pyrrole nitrogens is 1. The van der Waals surface area contributed by atoms with Gasteiger partial charge in [-0.25, -0.2) is 0 Å². The molecule has 1 saturated carbocycles. The van der Waals surface area contributed by atoms with Gasteiger partial charge in [-0.15, -0.1) is 0 Å². The topological polar surface area (TPSA) is 98.2 Å². The van der Waals surface area contributed by atoms with Crippen LogP contribution < -0.4 is 5.32 Å². The number of benzene rings is 1. The van der Waals surface area contributed by atoms with E-state index in [0.717, 1.165) is 12.8 Å². The lowest BCUT2D eigenvalue weighted by atomic mass is 9.79. The number of phenols is 1. The van der Waals surface area contributed by atoms with Crippen LogP contribution in [0.1, 0.15) is 32.6 Å². The number of carbonyl (C=O) groups excluding carboxylic acids is 1. The zero-order valence-electron chi connectivity index (χ0n) is 11.9. The zero-order valence-corrected chi connectivity index (χ0v) is 11.9. The molecule has 0 unspecified atom stereocenters. The summed E-state index contributed by atoms with van der Waals surface area (Å²) < 4.78 is 0. The van der Waals surface area contributed by atoms with Gasteiger partial charge in [0.1, 0.15) is 11.4 Å². The maximum Gasteiger partial charge on any atom is 0.257 e. The Bertz CT molecular complexity index is 672. The van der Waals surface area contributed by atoms with Crippen LogP contribution in [0.15, 0.2) is 18.2 Å². The molecule has 1 aliphatic rings. The van der Waals surface area contributed by atoms with Crippen LogP contribution >= 0.6 is 0 Å². The number of hydrogen-bond donors (Lipinski definition) is 4. The number of carbonyl (C=O) groups is 1. The molecular formula is C15H19N3O3. The predicted octanol–water partition coefficient (Wildman–Crippen LogP) is 2.15. The highest BCUT2D eigenvalue weighted by Gasteiger charge is 2.39. The third-order valence-electron chi connectivity index (χ3n) is 4.30. The Balaban J connectivity index is 1.80. The quantitative estimate of drug-likeness (QED) is 0.681. The van der Waals surface area contributed by atoms with Gasteiger partial charge in [0.25, 0.3) is 5.91 Å². The first-order valence-corrected chi connectivity index (χ1v) is 7.19. The molecule has 1 aromatic carbocycles. The molecule has 1 fully saturated rings. The van der Waals surface area contributed by atoms with Crippen molar-refractivity contribution in [2.75, 3.05) is 5.32 Å². The highest BCUT2D eigenvalue weighted by Crippen LogP contribution is 2.33. The molecule has 0 saturated heterocycles. The molecule has 6 heteroatoms. The molecule has 21 heavy (non-hydrogen) atoms. The molecule has 112 valence electrons. The van der Waals surface area contributed by atoms with Gasteiger partial charge in [-0.3, -0.25) is 9.89 Å². The van der Waals surface area contributed by atoms with Gasteiger partial charge < -0.3 is 15.5 Å². The lowest BCUT2D eigenvalue weighted by molar-refractivity contribution is -0.138. The van der Waals surface area contributed by atoms with E-state index in [-0.39, 0.29) is 5.75 Å². The van der Waals surface area contributed by atoms with E-state index in [1.807, 2.05) is 0 Å². The Labute approximate surface area is 122 Å². The number of anilines is 1. The van der Waals surface area contributed by atoms with E-state index in [4.69, 9.17) is 0 Å². The third-order valence-corrected chi connectivity index (χ3v) is 4.30. The van der Waals surface area contributed by atoms with Crippen LogP contribution in [-0.2, 0) is 4.79 Å². The van der Waals surface area contributed by atoms with Gasteiger partial charge in [0.2, 0.25) is 0 Å². The summed E-state index contributed by atoms with van der Waals surface area (Å²) >= 11 is 0. The number of phenolic OH excluding ortho intramolecular Hbond substituents is 1. The van der Waals surface area contributed by atoms with Crippen LogP contribution in [0.3, 0.4) is 0 Å². The second-order valence-electron chi connectivity index (χ2n) is 5.97. The molecule has 6 nitrogen and oxygen atoms in total. The van der Waals surface area contributed by atoms with Crippen molar-refractivity contribution in [3.05, 3.63) is 18.2 Å². The molecule has 0 aliphatic heterocycles. The first kappa shape index (κ1) is 13.9. The van der Waals surface area contributed by atoms with Crippen LogP contribution in [-0.4, -0.2) is 31.9 Å². The van der Waals surface area contributed by atoms with Crippen LogP contribution in [0, 0.1) is 5.92 Å². The van der Waals surface area contributed by atoms with Crippen molar-refractivity contribution in [1.82, 2.24) is 10.2 Å². The Morgan fingerprint density at radius 2 is 2.14 bits per heavy atom. The van der Waals surface area contributed by atoms with E-state index >= 15 is 0 Å². The lowest BCUT2D eigenvalue weighted by Crippen LogP contribution is -2.45. The summed E-state index contributed by atoms with van der Waals surface area (Å²) in [6.07, 6.45) is 2.64. The number of aliphatic hydroxyl groups is 1. The normalized spacial score (nSPS) is 25.9. The molecule has 0 bridgehead atoms. The van der Waals surface area contributed by atoms with Gasteiger partial charge in [0.05, 0.1) is 5.52 Å². The SMILES string of the molecule is CC1CCC(O)(C(=O)Nc2n[nH]c3cc(O)ccc23)CC1. The van der Waals surface area contributed by atoms with E-state index in [2.05, 4.69) is 22.4 Å². The molecule has 1 aliphatic carbocycles. The largest absolute Gasteiger partial charge is 0.508 e. The van der Waals surface area contributed by atoms with Gasteiger partial charge in [0.15, 0.2) is 5.82 Å². The molecule has 1 aromatic heterocycles. The third kappa shape index (κ3) is 2.58. The number of hydrogen-bond acceptors (Lipinski definition) is 4. The molecule has 1 amide bonds. The van der Waals surface area contributed by atoms with E-state index in [0.29, 0.717) is 35.5 Å². The smallest absolute Gasteiger partial charge is 0.257 e. The van der Waals surface area contributed by atoms with E-state index in [9.17, 15) is 15.0 Å². The van der Waals surface area contributed by atoms with Crippen molar-refractivity contribution >= 4 is 22.6 Å². The number of fused-ring (bicyclic) bond motifs is 1. The van der Waals surface area contributed by atoms with Crippen molar-refractivity contribution in [3.8, 4) is 5.75 Å².